The van der Waals surface area contributed by atoms with Crippen molar-refractivity contribution in [2.45, 2.75) is 44.9 Å². The Kier molecular flexibility index (Phi) is 4.10. The smallest absolute Gasteiger partial charge is 0.411 e. The molecule has 0 saturated carbocycles. The van der Waals surface area contributed by atoms with E-state index >= 15 is 0 Å². The standard InChI is InChI=1S/C17H21FN2O3/c1-17(2,3)23-16(21)20-13-6-12(7-14(20)10-22-9-13)11-4-5-15(18)19-8-11/h4-6,8,13-14H,7,9-10H2,1-3H3. The summed E-state index contributed by atoms with van der Waals surface area (Å²) in [6, 6.07) is 2.82. The van der Waals surface area contributed by atoms with Gasteiger partial charge in [-0.05, 0) is 50.5 Å². The Bertz CT molecular complexity index is 622. The number of fused-ring (bicyclic) bond motifs is 2. The molecule has 5 nitrogen and oxygen atoms in total. The van der Waals surface area contributed by atoms with E-state index in [2.05, 4.69) is 4.98 Å². The molecule has 23 heavy (non-hydrogen) atoms. The number of nitrogens with zero attached hydrogens (tertiary/aromatic N) is 2. The van der Waals surface area contributed by atoms with Gasteiger partial charge in [-0.2, -0.15) is 4.39 Å². The molecule has 6 heteroatoms. The molecule has 2 atom stereocenters. The van der Waals surface area contributed by atoms with Crippen molar-refractivity contribution >= 4 is 11.7 Å². The number of pyridine rings is 1. The van der Waals surface area contributed by atoms with Crippen LogP contribution in [0.5, 0.6) is 0 Å². The first-order chi connectivity index (χ1) is 10.8. The molecule has 0 aromatic carbocycles. The second-order valence-electron chi connectivity index (χ2n) is 6.91. The van der Waals surface area contributed by atoms with Gasteiger partial charge in [-0.1, -0.05) is 6.08 Å². The summed E-state index contributed by atoms with van der Waals surface area (Å²) in [6.45, 7) is 6.47. The summed E-state index contributed by atoms with van der Waals surface area (Å²) in [6.07, 6.45) is 3.85. The number of carbonyl (C=O) groups is 1. The number of halogens is 1. The van der Waals surface area contributed by atoms with E-state index in [1.807, 2.05) is 26.8 Å². The lowest BCUT2D eigenvalue weighted by Gasteiger charge is -2.44. The van der Waals surface area contributed by atoms with Gasteiger partial charge in [-0.15, -0.1) is 0 Å². The Balaban J connectivity index is 1.84. The Morgan fingerprint density at radius 2 is 2.17 bits per heavy atom. The molecule has 2 bridgehead atoms. The maximum Gasteiger partial charge on any atom is 0.411 e. The van der Waals surface area contributed by atoms with Crippen molar-refractivity contribution in [3.63, 3.8) is 0 Å². The van der Waals surface area contributed by atoms with Crippen LogP contribution in [0.2, 0.25) is 0 Å². The largest absolute Gasteiger partial charge is 0.444 e. The van der Waals surface area contributed by atoms with Crippen molar-refractivity contribution in [1.82, 2.24) is 9.88 Å². The van der Waals surface area contributed by atoms with E-state index in [1.54, 1.807) is 11.0 Å². The number of hydrogen-bond acceptors (Lipinski definition) is 4. The van der Waals surface area contributed by atoms with Crippen LogP contribution in [0.1, 0.15) is 32.8 Å². The second-order valence-corrected chi connectivity index (χ2v) is 6.91. The van der Waals surface area contributed by atoms with Gasteiger partial charge in [0.05, 0.1) is 25.3 Å². The number of ether oxygens (including phenoxy) is 2. The lowest BCUT2D eigenvalue weighted by molar-refractivity contribution is -0.0510. The number of amides is 1. The molecule has 1 aromatic rings. The van der Waals surface area contributed by atoms with E-state index in [9.17, 15) is 9.18 Å². The van der Waals surface area contributed by atoms with Crippen LogP contribution in [0.15, 0.2) is 24.4 Å². The van der Waals surface area contributed by atoms with E-state index in [1.165, 1.54) is 12.3 Å². The lowest BCUT2D eigenvalue weighted by atomic mass is 9.91. The van der Waals surface area contributed by atoms with Gasteiger partial charge in [0.15, 0.2) is 0 Å². The molecule has 2 aliphatic heterocycles. The summed E-state index contributed by atoms with van der Waals surface area (Å²) < 4.78 is 24.1. The average molecular weight is 320 g/mol. The van der Waals surface area contributed by atoms with Crippen LogP contribution in [0.3, 0.4) is 0 Å². The molecular weight excluding hydrogens is 299 g/mol. The minimum Gasteiger partial charge on any atom is -0.444 e. The summed E-state index contributed by atoms with van der Waals surface area (Å²) >= 11 is 0. The predicted molar refractivity (Wildman–Crippen MR) is 83.3 cm³/mol. The third-order valence-corrected chi connectivity index (χ3v) is 3.90. The molecule has 0 N–H and O–H groups in total. The molecule has 124 valence electrons. The highest BCUT2D eigenvalue weighted by atomic mass is 19.1. The van der Waals surface area contributed by atoms with Gasteiger partial charge in [0, 0.05) is 6.20 Å². The van der Waals surface area contributed by atoms with Crippen LogP contribution in [0.25, 0.3) is 5.57 Å². The fourth-order valence-electron chi connectivity index (χ4n) is 2.97. The molecule has 1 saturated heterocycles. The molecular formula is C17H21FN2O3. The van der Waals surface area contributed by atoms with Gasteiger partial charge in [-0.3, -0.25) is 4.90 Å². The Morgan fingerprint density at radius 1 is 1.39 bits per heavy atom. The topological polar surface area (TPSA) is 51.7 Å². The zero-order valence-electron chi connectivity index (χ0n) is 13.6. The van der Waals surface area contributed by atoms with Crippen molar-refractivity contribution in [1.29, 1.82) is 0 Å². The quantitative estimate of drug-likeness (QED) is 0.746. The van der Waals surface area contributed by atoms with Crippen molar-refractivity contribution in [2.75, 3.05) is 13.2 Å². The molecule has 3 heterocycles. The van der Waals surface area contributed by atoms with E-state index in [-0.39, 0.29) is 18.2 Å². The fourth-order valence-corrected chi connectivity index (χ4v) is 2.97. The van der Waals surface area contributed by atoms with Crippen LogP contribution >= 0.6 is 0 Å². The summed E-state index contributed by atoms with van der Waals surface area (Å²) in [5.41, 5.74) is 1.42. The third kappa shape index (κ3) is 3.52. The minimum absolute atomic E-state index is 0.0753. The van der Waals surface area contributed by atoms with Crippen molar-refractivity contribution < 1.29 is 18.7 Å². The lowest BCUT2D eigenvalue weighted by Crippen LogP contribution is -2.57. The zero-order valence-corrected chi connectivity index (χ0v) is 13.6. The molecule has 0 spiro atoms. The van der Waals surface area contributed by atoms with Crippen molar-refractivity contribution in [3.8, 4) is 0 Å². The van der Waals surface area contributed by atoms with E-state index in [4.69, 9.17) is 9.47 Å². The van der Waals surface area contributed by atoms with Crippen LogP contribution in [-0.4, -0.2) is 46.9 Å². The predicted octanol–water partition coefficient (Wildman–Crippen LogP) is 3.01. The maximum atomic E-state index is 13.0. The normalized spacial score (nSPS) is 24.2. The molecule has 1 fully saturated rings. The van der Waals surface area contributed by atoms with Crippen molar-refractivity contribution in [2.24, 2.45) is 0 Å². The van der Waals surface area contributed by atoms with Crippen LogP contribution < -0.4 is 0 Å². The van der Waals surface area contributed by atoms with Crippen LogP contribution in [0.4, 0.5) is 9.18 Å². The fraction of sp³-hybridized carbons (Fsp3) is 0.529. The first-order valence-electron chi connectivity index (χ1n) is 7.75. The highest BCUT2D eigenvalue weighted by Gasteiger charge is 2.40. The first-order valence-corrected chi connectivity index (χ1v) is 7.75. The van der Waals surface area contributed by atoms with E-state index in [0.717, 1.165) is 11.1 Å². The molecule has 1 aromatic heterocycles. The SMILES string of the molecule is CC(C)(C)OC(=O)N1C2C=C(c3ccc(F)nc3)CC1COC2. The van der Waals surface area contributed by atoms with Crippen LogP contribution in [-0.2, 0) is 9.47 Å². The Hall–Kier alpha value is -1.95. The summed E-state index contributed by atoms with van der Waals surface area (Å²) in [7, 11) is 0. The van der Waals surface area contributed by atoms with Gasteiger partial charge in [0.25, 0.3) is 0 Å². The molecule has 1 amide bonds. The zero-order chi connectivity index (χ0) is 16.6. The third-order valence-electron chi connectivity index (χ3n) is 3.90. The highest BCUT2D eigenvalue weighted by molar-refractivity contribution is 5.74. The number of hydrogen-bond donors (Lipinski definition) is 0. The average Bonchev–Trinajstić information content (AvgIpc) is 2.44. The monoisotopic (exact) mass is 320 g/mol. The van der Waals surface area contributed by atoms with E-state index < -0.39 is 11.5 Å². The maximum absolute atomic E-state index is 13.0. The summed E-state index contributed by atoms with van der Waals surface area (Å²) in [4.78, 5) is 17.9. The van der Waals surface area contributed by atoms with Gasteiger partial charge in [-0.25, -0.2) is 9.78 Å². The highest BCUT2D eigenvalue weighted by Crippen LogP contribution is 2.33. The number of morpholine rings is 1. The van der Waals surface area contributed by atoms with Gasteiger partial charge in [0.2, 0.25) is 5.95 Å². The molecule has 0 aliphatic carbocycles. The summed E-state index contributed by atoms with van der Waals surface area (Å²) in [5.74, 6) is -0.496. The Labute approximate surface area is 135 Å². The first kappa shape index (κ1) is 15.9. The number of rotatable bonds is 1. The van der Waals surface area contributed by atoms with Crippen LogP contribution in [0, 0.1) is 5.95 Å². The number of carbonyl (C=O) groups excluding carboxylic acids is 1. The second kappa shape index (κ2) is 5.92. The van der Waals surface area contributed by atoms with E-state index in [0.29, 0.717) is 19.6 Å². The molecule has 2 aliphatic rings. The van der Waals surface area contributed by atoms with Crippen molar-refractivity contribution in [3.05, 3.63) is 35.9 Å². The molecule has 0 radical (unpaired) electrons. The Morgan fingerprint density at radius 3 is 2.78 bits per heavy atom. The molecule has 2 unspecified atom stereocenters. The van der Waals surface area contributed by atoms with Gasteiger partial charge in [0.1, 0.15) is 5.60 Å². The minimum atomic E-state index is -0.531. The van der Waals surface area contributed by atoms with Gasteiger partial charge >= 0.3 is 6.09 Å². The van der Waals surface area contributed by atoms with Gasteiger partial charge < -0.3 is 9.47 Å². The summed E-state index contributed by atoms with van der Waals surface area (Å²) in [5, 5.41) is 0. The number of aromatic nitrogens is 1. The molecule has 3 rings (SSSR count).